The molecule has 0 aromatic carbocycles. The van der Waals surface area contributed by atoms with Gasteiger partial charge in [-0.1, -0.05) is 6.42 Å². The van der Waals surface area contributed by atoms with E-state index in [1.165, 1.54) is 19.3 Å². The van der Waals surface area contributed by atoms with Gasteiger partial charge in [-0.05, 0) is 31.1 Å². The van der Waals surface area contributed by atoms with Crippen molar-refractivity contribution in [1.29, 1.82) is 0 Å². The summed E-state index contributed by atoms with van der Waals surface area (Å²) < 4.78 is 0. The quantitative estimate of drug-likeness (QED) is 0.603. The highest BCUT2D eigenvalue weighted by Crippen LogP contribution is 2.63. The van der Waals surface area contributed by atoms with Crippen molar-refractivity contribution in [3.63, 3.8) is 0 Å². The standard InChI is InChI=1S/C9H15NO/c10-6-9(7-11)4-8(5-9)2-1-3-8/h7H,1-6,10H2. The summed E-state index contributed by atoms with van der Waals surface area (Å²) in [7, 11) is 0. The summed E-state index contributed by atoms with van der Waals surface area (Å²) in [6.45, 7) is 0.554. The normalized spacial score (nSPS) is 30.6. The molecule has 0 amide bonds. The molecule has 0 saturated heterocycles. The number of hydrogen-bond acceptors (Lipinski definition) is 2. The fraction of sp³-hybridized carbons (Fsp3) is 0.889. The number of rotatable bonds is 2. The number of carbonyl (C=O) groups is 1. The molecule has 2 rings (SSSR count). The Labute approximate surface area is 67.1 Å². The number of nitrogens with two attached hydrogens (primary N) is 1. The largest absolute Gasteiger partial charge is 0.329 e. The summed E-state index contributed by atoms with van der Waals surface area (Å²) in [5, 5.41) is 0. The average molecular weight is 153 g/mol. The predicted molar refractivity (Wildman–Crippen MR) is 43.1 cm³/mol. The molecule has 0 unspecified atom stereocenters. The zero-order valence-electron chi connectivity index (χ0n) is 6.81. The summed E-state index contributed by atoms with van der Waals surface area (Å²) in [6, 6.07) is 0. The highest BCUT2D eigenvalue weighted by Gasteiger charge is 2.56. The third kappa shape index (κ3) is 0.853. The van der Waals surface area contributed by atoms with Gasteiger partial charge in [-0.2, -0.15) is 0 Å². The summed E-state index contributed by atoms with van der Waals surface area (Å²) in [5.74, 6) is 0. The van der Waals surface area contributed by atoms with Gasteiger partial charge in [0.15, 0.2) is 0 Å². The van der Waals surface area contributed by atoms with Gasteiger partial charge < -0.3 is 10.5 Å². The van der Waals surface area contributed by atoms with Gasteiger partial charge in [0.25, 0.3) is 0 Å². The first-order valence-electron chi connectivity index (χ1n) is 4.41. The van der Waals surface area contributed by atoms with Crippen LogP contribution >= 0.6 is 0 Å². The zero-order valence-corrected chi connectivity index (χ0v) is 6.81. The van der Waals surface area contributed by atoms with E-state index in [1.807, 2.05) is 0 Å². The first-order valence-corrected chi connectivity index (χ1v) is 4.41. The van der Waals surface area contributed by atoms with Crippen LogP contribution in [0.25, 0.3) is 0 Å². The maximum atomic E-state index is 10.7. The Balaban J connectivity index is 1.98. The second kappa shape index (κ2) is 2.07. The minimum Gasteiger partial charge on any atom is -0.329 e. The van der Waals surface area contributed by atoms with Crippen LogP contribution in [0.3, 0.4) is 0 Å². The molecule has 0 aliphatic heterocycles. The van der Waals surface area contributed by atoms with Crippen molar-refractivity contribution in [1.82, 2.24) is 0 Å². The van der Waals surface area contributed by atoms with Gasteiger partial charge in [-0.3, -0.25) is 0 Å². The zero-order chi connectivity index (χ0) is 7.95. The van der Waals surface area contributed by atoms with E-state index in [2.05, 4.69) is 0 Å². The van der Waals surface area contributed by atoms with E-state index >= 15 is 0 Å². The van der Waals surface area contributed by atoms with Crippen molar-refractivity contribution in [2.45, 2.75) is 32.1 Å². The highest BCUT2D eigenvalue weighted by atomic mass is 16.1. The maximum absolute atomic E-state index is 10.7. The Morgan fingerprint density at radius 2 is 2.00 bits per heavy atom. The molecule has 0 aromatic heterocycles. The van der Waals surface area contributed by atoms with Crippen LogP contribution in [0.2, 0.25) is 0 Å². The van der Waals surface area contributed by atoms with Crippen LogP contribution in [0.4, 0.5) is 0 Å². The fourth-order valence-electron chi connectivity index (χ4n) is 2.75. The molecule has 0 radical (unpaired) electrons. The Bertz CT molecular complexity index is 176. The SMILES string of the molecule is NCC1(C=O)CC2(CCC2)C1. The van der Waals surface area contributed by atoms with Crippen LogP contribution in [0.15, 0.2) is 0 Å². The molecule has 2 saturated carbocycles. The van der Waals surface area contributed by atoms with E-state index in [4.69, 9.17) is 5.73 Å². The molecule has 2 fully saturated rings. The van der Waals surface area contributed by atoms with Crippen LogP contribution in [0.1, 0.15) is 32.1 Å². The van der Waals surface area contributed by atoms with Gasteiger partial charge in [0.05, 0.1) is 0 Å². The summed E-state index contributed by atoms with van der Waals surface area (Å²) in [4.78, 5) is 10.7. The van der Waals surface area contributed by atoms with Crippen LogP contribution in [-0.2, 0) is 4.79 Å². The minimum absolute atomic E-state index is 0.111. The smallest absolute Gasteiger partial charge is 0.127 e. The first kappa shape index (κ1) is 7.29. The lowest BCUT2D eigenvalue weighted by atomic mass is 9.46. The average Bonchev–Trinajstić information content (AvgIpc) is 1.85. The Hall–Kier alpha value is -0.370. The van der Waals surface area contributed by atoms with Crippen LogP contribution in [0, 0.1) is 10.8 Å². The van der Waals surface area contributed by atoms with E-state index in [0.717, 1.165) is 19.1 Å². The van der Waals surface area contributed by atoms with Crippen molar-refractivity contribution in [2.75, 3.05) is 6.54 Å². The lowest BCUT2D eigenvalue weighted by Gasteiger charge is -2.58. The minimum atomic E-state index is -0.111. The molecule has 1 spiro atoms. The fourth-order valence-corrected chi connectivity index (χ4v) is 2.75. The van der Waals surface area contributed by atoms with Gasteiger partial charge in [-0.15, -0.1) is 0 Å². The Morgan fingerprint density at radius 3 is 2.27 bits per heavy atom. The van der Waals surface area contributed by atoms with Gasteiger partial charge in [0, 0.05) is 12.0 Å². The molecule has 2 aliphatic carbocycles. The topological polar surface area (TPSA) is 43.1 Å². The molecule has 0 aromatic rings. The molecule has 2 aliphatic rings. The Kier molecular flexibility index (Phi) is 1.37. The van der Waals surface area contributed by atoms with Crippen molar-refractivity contribution in [2.24, 2.45) is 16.6 Å². The van der Waals surface area contributed by atoms with Crippen molar-refractivity contribution in [3.05, 3.63) is 0 Å². The molecule has 0 atom stereocenters. The number of carbonyl (C=O) groups excluding carboxylic acids is 1. The van der Waals surface area contributed by atoms with E-state index in [1.54, 1.807) is 0 Å². The summed E-state index contributed by atoms with van der Waals surface area (Å²) >= 11 is 0. The maximum Gasteiger partial charge on any atom is 0.127 e. The van der Waals surface area contributed by atoms with Gasteiger partial charge in [0.1, 0.15) is 6.29 Å². The molecule has 2 N–H and O–H groups in total. The summed E-state index contributed by atoms with van der Waals surface area (Å²) in [6.07, 6.45) is 7.25. The van der Waals surface area contributed by atoms with Crippen molar-refractivity contribution < 1.29 is 4.79 Å². The third-order valence-corrected chi connectivity index (χ3v) is 3.52. The van der Waals surface area contributed by atoms with Gasteiger partial charge >= 0.3 is 0 Å². The number of aldehydes is 1. The monoisotopic (exact) mass is 153 g/mol. The molecular formula is C9H15NO. The predicted octanol–water partition coefficient (Wildman–Crippen LogP) is 1.09. The molecule has 62 valence electrons. The van der Waals surface area contributed by atoms with Gasteiger partial charge in [-0.25, -0.2) is 0 Å². The van der Waals surface area contributed by atoms with Crippen LogP contribution in [0.5, 0.6) is 0 Å². The summed E-state index contributed by atoms with van der Waals surface area (Å²) in [5.41, 5.74) is 6.01. The van der Waals surface area contributed by atoms with Crippen molar-refractivity contribution in [3.8, 4) is 0 Å². The number of hydrogen-bond donors (Lipinski definition) is 1. The molecule has 2 heteroatoms. The van der Waals surface area contributed by atoms with E-state index in [-0.39, 0.29) is 5.41 Å². The first-order chi connectivity index (χ1) is 5.24. The molecule has 11 heavy (non-hydrogen) atoms. The lowest BCUT2D eigenvalue weighted by Crippen LogP contribution is -2.54. The van der Waals surface area contributed by atoms with E-state index in [9.17, 15) is 4.79 Å². The van der Waals surface area contributed by atoms with Crippen LogP contribution < -0.4 is 5.73 Å². The molecule has 0 heterocycles. The molecule has 0 bridgehead atoms. The van der Waals surface area contributed by atoms with E-state index in [0.29, 0.717) is 12.0 Å². The van der Waals surface area contributed by atoms with Gasteiger partial charge in [0.2, 0.25) is 0 Å². The third-order valence-electron chi connectivity index (χ3n) is 3.52. The second-order valence-corrected chi connectivity index (χ2v) is 4.39. The molecule has 2 nitrogen and oxygen atoms in total. The molecular weight excluding hydrogens is 138 g/mol. The van der Waals surface area contributed by atoms with Crippen molar-refractivity contribution >= 4 is 6.29 Å². The lowest BCUT2D eigenvalue weighted by molar-refractivity contribution is -0.138. The van der Waals surface area contributed by atoms with Crippen LogP contribution in [-0.4, -0.2) is 12.8 Å². The Morgan fingerprint density at radius 1 is 1.36 bits per heavy atom. The highest BCUT2D eigenvalue weighted by molar-refractivity contribution is 5.62. The second-order valence-electron chi connectivity index (χ2n) is 4.39. The van der Waals surface area contributed by atoms with E-state index < -0.39 is 0 Å².